The van der Waals surface area contributed by atoms with Gasteiger partial charge in [0.25, 0.3) is 11.5 Å². The van der Waals surface area contributed by atoms with Crippen molar-refractivity contribution in [2.24, 2.45) is 0 Å². The monoisotopic (exact) mass is 569 g/mol. The van der Waals surface area contributed by atoms with Crippen molar-refractivity contribution in [3.05, 3.63) is 94.4 Å². The molecule has 5 aromatic rings. The van der Waals surface area contributed by atoms with Crippen LogP contribution in [-0.4, -0.2) is 50.4 Å². The normalized spacial score (nSPS) is 13.6. The summed E-state index contributed by atoms with van der Waals surface area (Å²) in [6.45, 7) is 2.46. The second-order valence-electron chi connectivity index (χ2n) is 10.2. The SMILES string of the molecule is COCC(C)Nc1n[nH]c2nccc(Oc3ccc(NC(=O)c4cc(C5CC5)cn(-c5ccc(F)cc5)c4=O)nc3)c12. The lowest BCUT2D eigenvalue weighted by atomic mass is 10.1. The maximum atomic E-state index is 13.5. The molecule has 1 aliphatic carbocycles. The van der Waals surface area contributed by atoms with Gasteiger partial charge in [0.15, 0.2) is 11.5 Å². The summed E-state index contributed by atoms with van der Waals surface area (Å²) in [4.78, 5) is 35.2. The Labute approximate surface area is 239 Å². The first-order valence-corrected chi connectivity index (χ1v) is 13.5. The van der Waals surface area contributed by atoms with E-state index in [1.165, 1.54) is 35.0 Å². The fourth-order valence-corrected chi connectivity index (χ4v) is 4.66. The molecule has 0 radical (unpaired) electrons. The lowest BCUT2D eigenvalue weighted by molar-refractivity contribution is 0.102. The van der Waals surface area contributed by atoms with E-state index in [0.29, 0.717) is 40.6 Å². The number of methoxy groups -OCH3 is 1. The van der Waals surface area contributed by atoms with Gasteiger partial charge in [0, 0.05) is 37.3 Å². The number of hydrogen-bond donors (Lipinski definition) is 3. The topological polar surface area (TPSA) is 136 Å². The van der Waals surface area contributed by atoms with Crippen LogP contribution >= 0.6 is 0 Å². The van der Waals surface area contributed by atoms with E-state index in [2.05, 4.69) is 30.8 Å². The summed E-state index contributed by atoms with van der Waals surface area (Å²) >= 11 is 0. The Bertz CT molecular complexity index is 1800. The van der Waals surface area contributed by atoms with E-state index in [1.807, 2.05) is 6.92 Å². The zero-order valence-corrected chi connectivity index (χ0v) is 22.9. The molecular weight excluding hydrogens is 541 g/mol. The molecule has 42 heavy (non-hydrogen) atoms. The van der Waals surface area contributed by atoms with Gasteiger partial charge in [-0.15, -0.1) is 0 Å². The van der Waals surface area contributed by atoms with E-state index in [9.17, 15) is 14.0 Å². The summed E-state index contributed by atoms with van der Waals surface area (Å²) in [5.41, 5.74) is 1.39. The van der Waals surface area contributed by atoms with Gasteiger partial charge in [-0.3, -0.25) is 19.3 Å². The number of anilines is 2. The smallest absolute Gasteiger partial charge is 0.267 e. The number of aromatic amines is 1. The van der Waals surface area contributed by atoms with Crippen LogP contribution in [0.15, 0.2) is 71.9 Å². The van der Waals surface area contributed by atoms with Crippen LogP contribution in [0.4, 0.5) is 16.0 Å². The highest BCUT2D eigenvalue weighted by molar-refractivity contribution is 6.03. The Balaban J connectivity index is 1.22. The van der Waals surface area contributed by atoms with E-state index in [1.54, 1.807) is 43.8 Å². The van der Waals surface area contributed by atoms with Crippen LogP contribution in [0.1, 0.15) is 41.6 Å². The Morgan fingerprint density at radius 2 is 1.98 bits per heavy atom. The summed E-state index contributed by atoms with van der Waals surface area (Å²) in [5.74, 6) is 1.05. The number of hydrogen-bond acceptors (Lipinski definition) is 8. The number of nitrogens with one attached hydrogen (secondary N) is 3. The molecule has 1 unspecified atom stereocenters. The third kappa shape index (κ3) is 5.70. The first-order chi connectivity index (χ1) is 20.4. The number of halogens is 1. The van der Waals surface area contributed by atoms with Crippen LogP contribution in [0.25, 0.3) is 16.7 Å². The molecular formula is C30H28FN7O4. The van der Waals surface area contributed by atoms with Crippen molar-refractivity contribution in [2.75, 3.05) is 24.4 Å². The van der Waals surface area contributed by atoms with Gasteiger partial charge >= 0.3 is 0 Å². The van der Waals surface area contributed by atoms with E-state index in [0.717, 1.165) is 18.4 Å². The average molecular weight is 570 g/mol. The van der Waals surface area contributed by atoms with Crippen molar-refractivity contribution in [2.45, 2.75) is 31.7 Å². The van der Waals surface area contributed by atoms with Gasteiger partial charge in [-0.05, 0) is 73.7 Å². The van der Waals surface area contributed by atoms with E-state index in [4.69, 9.17) is 9.47 Å². The number of H-pyrrole nitrogens is 1. The van der Waals surface area contributed by atoms with Crippen molar-refractivity contribution in [1.82, 2.24) is 24.7 Å². The zero-order valence-electron chi connectivity index (χ0n) is 22.9. The minimum absolute atomic E-state index is 0.00360. The van der Waals surface area contributed by atoms with Crippen molar-refractivity contribution in [3.8, 4) is 17.2 Å². The summed E-state index contributed by atoms with van der Waals surface area (Å²) in [6, 6.07) is 12.2. The lowest BCUT2D eigenvalue weighted by Gasteiger charge is -2.13. The molecule has 1 aromatic carbocycles. The Morgan fingerprint density at radius 1 is 1.17 bits per heavy atom. The van der Waals surface area contributed by atoms with Crippen LogP contribution < -0.4 is 20.9 Å². The fourth-order valence-electron chi connectivity index (χ4n) is 4.66. The summed E-state index contributed by atoms with van der Waals surface area (Å²) in [5, 5.41) is 13.9. The summed E-state index contributed by atoms with van der Waals surface area (Å²) < 4.78 is 26.2. The number of pyridine rings is 3. The standard InChI is InChI=1S/C30H28FN7O4/c1-17(16-41-2)34-28-26-24(11-12-32-27(26)36-37-28)42-22-9-10-25(33-14-22)35-29(39)23-13-19(18-3-4-18)15-38(30(23)40)21-7-5-20(31)6-8-21/h5-15,17-18H,3-4,16H2,1-2H3,(H,33,35,39)(H2,32,34,36,37). The first kappa shape index (κ1) is 27.1. The van der Waals surface area contributed by atoms with Crippen molar-refractivity contribution < 1.29 is 18.7 Å². The predicted molar refractivity (Wildman–Crippen MR) is 155 cm³/mol. The largest absolute Gasteiger partial charge is 0.455 e. The number of amides is 1. The molecule has 1 fully saturated rings. The molecule has 1 amide bonds. The third-order valence-corrected chi connectivity index (χ3v) is 6.87. The molecule has 4 aromatic heterocycles. The Morgan fingerprint density at radius 3 is 2.69 bits per heavy atom. The van der Waals surface area contributed by atoms with Crippen molar-refractivity contribution in [1.29, 1.82) is 0 Å². The molecule has 1 saturated carbocycles. The second kappa shape index (κ2) is 11.4. The van der Waals surface area contributed by atoms with Gasteiger partial charge in [-0.2, -0.15) is 5.10 Å². The minimum Gasteiger partial charge on any atom is -0.455 e. The van der Waals surface area contributed by atoms with Crippen LogP contribution in [0.3, 0.4) is 0 Å². The van der Waals surface area contributed by atoms with Crippen molar-refractivity contribution >= 4 is 28.6 Å². The molecule has 3 N–H and O–H groups in total. The molecule has 11 nitrogen and oxygen atoms in total. The van der Waals surface area contributed by atoms with Gasteiger partial charge < -0.3 is 20.1 Å². The molecule has 4 heterocycles. The molecule has 1 aliphatic rings. The maximum absolute atomic E-state index is 13.5. The fraction of sp³-hybridized carbons (Fsp3) is 0.233. The van der Waals surface area contributed by atoms with Crippen molar-refractivity contribution in [3.63, 3.8) is 0 Å². The molecule has 12 heteroatoms. The number of rotatable bonds is 10. The molecule has 0 saturated heterocycles. The summed E-state index contributed by atoms with van der Waals surface area (Å²) in [7, 11) is 1.63. The minimum atomic E-state index is -0.588. The van der Waals surface area contributed by atoms with Crippen LogP contribution in [0.5, 0.6) is 11.5 Å². The molecule has 0 spiro atoms. The first-order valence-electron chi connectivity index (χ1n) is 13.5. The van der Waals surface area contributed by atoms with Crippen LogP contribution in [0.2, 0.25) is 0 Å². The highest BCUT2D eigenvalue weighted by Gasteiger charge is 2.27. The number of aromatic nitrogens is 5. The lowest BCUT2D eigenvalue weighted by Crippen LogP contribution is -2.29. The third-order valence-electron chi connectivity index (χ3n) is 6.87. The molecule has 0 bridgehead atoms. The number of carbonyl (C=O) groups is 1. The zero-order chi connectivity index (χ0) is 29.2. The van der Waals surface area contributed by atoms with Gasteiger partial charge in [-0.1, -0.05) is 0 Å². The molecule has 6 rings (SSSR count). The second-order valence-corrected chi connectivity index (χ2v) is 10.2. The number of ether oxygens (including phenoxy) is 2. The molecule has 214 valence electrons. The quantitative estimate of drug-likeness (QED) is 0.214. The number of carbonyl (C=O) groups excluding carboxylic acids is 1. The highest BCUT2D eigenvalue weighted by atomic mass is 19.1. The Kier molecular flexibility index (Phi) is 7.36. The Hall–Kier alpha value is -5.10. The van der Waals surface area contributed by atoms with E-state index >= 15 is 0 Å². The maximum Gasteiger partial charge on any atom is 0.267 e. The molecule has 1 atom stereocenters. The predicted octanol–water partition coefficient (Wildman–Crippen LogP) is 5.01. The van der Waals surface area contributed by atoms with Gasteiger partial charge in [0.05, 0.1) is 12.8 Å². The van der Waals surface area contributed by atoms with Gasteiger partial charge in [0.1, 0.15) is 34.1 Å². The van der Waals surface area contributed by atoms with E-state index in [-0.39, 0.29) is 23.3 Å². The number of nitrogens with zero attached hydrogens (tertiary/aromatic N) is 4. The molecule has 0 aliphatic heterocycles. The van der Waals surface area contributed by atoms with Crippen LogP contribution in [0, 0.1) is 5.82 Å². The number of fused-ring (bicyclic) bond motifs is 1. The van der Waals surface area contributed by atoms with Crippen LogP contribution in [-0.2, 0) is 4.74 Å². The summed E-state index contributed by atoms with van der Waals surface area (Å²) in [6.07, 6.45) is 6.77. The average Bonchev–Trinajstić information content (AvgIpc) is 3.76. The highest BCUT2D eigenvalue weighted by Crippen LogP contribution is 2.40. The van der Waals surface area contributed by atoms with E-state index < -0.39 is 17.3 Å². The number of benzene rings is 1. The van der Waals surface area contributed by atoms with Gasteiger partial charge in [0.2, 0.25) is 0 Å². The van der Waals surface area contributed by atoms with Gasteiger partial charge in [-0.25, -0.2) is 14.4 Å².